The fraction of sp³-hybridized carbons (Fsp3) is 0.480. The number of rotatable bonds is 6. The quantitative estimate of drug-likeness (QED) is 0.448. The number of para-hydroxylation sites is 1. The maximum atomic E-state index is 13.2. The summed E-state index contributed by atoms with van der Waals surface area (Å²) in [6.45, 7) is 6.05. The third-order valence-corrected chi connectivity index (χ3v) is 8.01. The van der Waals surface area contributed by atoms with Crippen molar-refractivity contribution in [2.75, 3.05) is 39.5 Å². The van der Waals surface area contributed by atoms with E-state index in [2.05, 4.69) is 19.1 Å². The number of amides is 2. The number of carbonyl (C=O) groups is 2. The smallest absolute Gasteiger partial charge is 0.266 e. The van der Waals surface area contributed by atoms with Crippen molar-refractivity contribution in [3.63, 3.8) is 0 Å². The van der Waals surface area contributed by atoms with Gasteiger partial charge in [-0.05, 0) is 30.9 Å². The number of hydrogen-bond donors (Lipinski definition) is 0. The van der Waals surface area contributed by atoms with E-state index in [-0.39, 0.29) is 24.5 Å². The van der Waals surface area contributed by atoms with Gasteiger partial charge in [-0.3, -0.25) is 14.5 Å². The van der Waals surface area contributed by atoms with Gasteiger partial charge in [-0.25, -0.2) is 0 Å². The molecular weight excluding hydrogens is 470 g/mol. The number of morpholine rings is 1. The molecule has 0 spiro atoms. The van der Waals surface area contributed by atoms with E-state index in [1.54, 1.807) is 4.90 Å². The first-order valence-corrected chi connectivity index (χ1v) is 13.1. The Morgan fingerprint density at radius 2 is 2.09 bits per heavy atom. The van der Waals surface area contributed by atoms with Crippen LogP contribution in [0.2, 0.25) is 0 Å². The molecule has 1 aromatic heterocycles. The number of hydrogen-bond acceptors (Lipinski definition) is 6. The predicted octanol–water partition coefficient (Wildman–Crippen LogP) is 3.44. The summed E-state index contributed by atoms with van der Waals surface area (Å²) >= 11 is 6.86. The molecule has 3 saturated heterocycles. The number of carbonyl (C=O) groups excluding carboxylic acids is 2. The summed E-state index contributed by atoms with van der Waals surface area (Å²) < 4.78 is 13.7. The third-order valence-electron chi connectivity index (χ3n) is 6.63. The fourth-order valence-electron chi connectivity index (χ4n) is 4.84. The van der Waals surface area contributed by atoms with Crippen LogP contribution in [-0.2, 0) is 32.0 Å². The van der Waals surface area contributed by atoms with E-state index >= 15 is 0 Å². The van der Waals surface area contributed by atoms with E-state index in [9.17, 15) is 9.59 Å². The monoisotopic (exact) mass is 499 g/mol. The maximum absolute atomic E-state index is 13.2. The molecule has 2 aromatic rings. The molecule has 3 fully saturated rings. The van der Waals surface area contributed by atoms with Crippen LogP contribution < -0.4 is 0 Å². The number of fused-ring (bicyclic) bond motifs is 1. The zero-order chi connectivity index (χ0) is 23.7. The lowest BCUT2D eigenvalue weighted by atomic mass is 10.1. The molecule has 2 amide bonds. The summed E-state index contributed by atoms with van der Waals surface area (Å²) in [6, 6.07) is 6.20. The van der Waals surface area contributed by atoms with Gasteiger partial charge in [-0.1, -0.05) is 49.1 Å². The first kappa shape index (κ1) is 23.5. The molecule has 3 aliphatic rings. The van der Waals surface area contributed by atoms with Crippen LogP contribution in [0.3, 0.4) is 0 Å². The maximum Gasteiger partial charge on any atom is 0.266 e. The summed E-state index contributed by atoms with van der Waals surface area (Å²) in [7, 11) is 0. The molecule has 4 heterocycles. The van der Waals surface area contributed by atoms with E-state index < -0.39 is 0 Å². The van der Waals surface area contributed by atoms with Gasteiger partial charge in [-0.2, -0.15) is 0 Å². The van der Waals surface area contributed by atoms with Gasteiger partial charge in [0.1, 0.15) is 10.9 Å². The molecule has 1 atom stereocenters. The fourth-order valence-corrected chi connectivity index (χ4v) is 6.11. The van der Waals surface area contributed by atoms with Gasteiger partial charge in [0.15, 0.2) is 0 Å². The second-order valence-corrected chi connectivity index (χ2v) is 10.5. The molecule has 0 bridgehead atoms. The summed E-state index contributed by atoms with van der Waals surface area (Å²) in [5, 5.41) is 1.04. The van der Waals surface area contributed by atoms with Gasteiger partial charge >= 0.3 is 0 Å². The molecule has 9 heteroatoms. The lowest BCUT2D eigenvalue weighted by Crippen LogP contribution is -2.42. The zero-order valence-corrected chi connectivity index (χ0v) is 21.0. The van der Waals surface area contributed by atoms with Crippen molar-refractivity contribution in [2.24, 2.45) is 0 Å². The largest absolute Gasteiger partial charge is 0.378 e. The topological polar surface area (TPSA) is 64.0 Å². The molecule has 0 radical (unpaired) electrons. The molecular formula is C25H29N3O4S2. The van der Waals surface area contributed by atoms with Crippen LogP contribution in [0.15, 0.2) is 29.3 Å². The molecule has 3 aliphatic heterocycles. The summed E-state index contributed by atoms with van der Waals surface area (Å²) in [6.07, 6.45) is 6.82. The Kier molecular flexibility index (Phi) is 7.06. The number of aryl methyl sites for hydroxylation is 1. The second-order valence-electron chi connectivity index (χ2n) is 8.80. The van der Waals surface area contributed by atoms with Crippen LogP contribution in [-0.4, -0.2) is 76.1 Å². The normalized spacial score (nSPS) is 22.5. The Morgan fingerprint density at radius 3 is 2.82 bits per heavy atom. The predicted molar refractivity (Wildman–Crippen MR) is 138 cm³/mol. The van der Waals surface area contributed by atoms with Crippen molar-refractivity contribution >= 4 is 57.1 Å². The Hall–Kier alpha value is -2.20. The van der Waals surface area contributed by atoms with Crippen LogP contribution in [0.5, 0.6) is 0 Å². The number of benzene rings is 1. The van der Waals surface area contributed by atoms with E-state index in [0.717, 1.165) is 42.3 Å². The number of ether oxygens (including phenoxy) is 2. The summed E-state index contributed by atoms with van der Waals surface area (Å²) in [5.41, 5.74) is 3.16. The van der Waals surface area contributed by atoms with E-state index in [0.29, 0.717) is 42.1 Å². The Bertz CT molecular complexity index is 1150. The SMILES string of the molecule is CCc1cccc2c(/C=C3\SC(=S)N(C[C@@H]4CCCO4)C3=O)cn(CC(=O)N3CCOCC3)c12. The van der Waals surface area contributed by atoms with Gasteiger partial charge in [0.05, 0.1) is 36.3 Å². The molecule has 7 nitrogen and oxygen atoms in total. The average Bonchev–Trinajstić information content (AvgIpc) is 3.56. The van der Waals surface area contributed by atoms with Crippen LogP contribution in [0, 0.1) is 0 Å². The molecule has 180 valence electrons. The number of nitrogens with zero attached hydrogens (tertiary/aromatic N) is 3. The van der Waals surface area contributed by atoms with E-state index in [1.807, 2.05) is 27.8 Å². The molecule has 0 aliphatic carbocycles. The highest BCUT2D eigenvalue weighted by molar-refractivity contribution is 8.26. The second kappa shape index (κ2) is 10.2. The number of thiocarbonyl (C=S) groups is 1. The Labute approximate surface area is 209 Å². The number of aromatic nitrogens is 1. The van der Waals surface area contributed by atoms with E-state index in [1.165, 1.54) is 17.3 Å². The highest BCUT2D eigenvalue weighted by Gasteiger charge is 2.35. The van der Waals surface area contributed by atoms with Crippen LogP contribution in [0.1, 0.15) is 30.9 Å². The van der Waals surface area contributed by atoms with Gasteiger partial charge < -0.3 is 18.9 Å². The Morgan fingerprint density at radius 1 is 1.26 bits per heavy atom. The van der Waals surface area contributed by atoms with Crippen molar-refractivity contribution in [1.82, 2.24) is 14.4 Å². The van der Waals surface area contributed by atoms with E-state index in [4.69, 9.17) is 21.7 Å². The van der Waals surface area contributed by atoms with Crippen LogP contribution >= 0.6 is 24.0 Å². The molecule has 0 unspecified atom stereocenters. The van der Waals surface area contributed by atoms with Crippen molar-refractivity contribution in [3.05, 3.63) is 40.4 Å². The Balaban J connectivity index is 1.45. The summed E-state index contributed by atoms with van der Waals surface area (Å²) in [5.74, 6) is 0.0167. The highest BCUT2D eigenvalue weighted by Crippen LogP contribution is 2.36. The highest BCUT2D eigenvalue weighted by atomic mass is 32.2. The average molecular weight is 500 g/mol. The minimum atomic E-state index is -0.0672. The van der Waals surface area contributed by atoms with Crippen LogP contribution in [0.4, 0.5) is 0 Å². The van der Waals surface area contributed by atoms with Gasteiger partial charge in [0, 0.05) is 36.8 Å². The van der Waals surface area contributed by atoms with Crippen molar-refractivity contribution in [1.29, 1.82) is 0 Å². The lowest BCUT2D eigenvalue weighted by Gasteiger charge is -2.27. The first-order valence-electron chi connectivity index (χ1n) is 11.9. The minimum absolute atomic E-state index is 0.0575. The van der Waals surface area contributed by atoms with Crippen molar-refractivity contribution in [2.45, 2.75) is 38.8 Å². The molecule has 0 saturated carbocycles. The van der Waals surface area contributed by atoms with Gasteiger partial charge in [0.2, 0.25) is 5.91 Å². The minimum Gasteiger partial charge on any atom is -0.378 e. The molecule has 0 N–H and O–H groups in total. The lowest BCUT2D eigenvalue weighted by molar-refractivity contribution is -0.135. The van der Waals surface area contributed by atoms with Gasteiger partial charge in [0.25, 0.3) is 5.91 Å². The van der Waals surface area contributed by atoms with Gasteiger partial charge in [-0.15, -0.1) is 0 Å². The zero-order valence-electron chi connectivity index (χ0n) is 19.3. The van der Waals surface area contributed by atoms with Crippen LogP contribution in [0.25, 0.3) is 17.0 Å². The standard InChI is InChI=1S/C25H29N3O4S2/c1-2-17-5-3-7-20-18(14-27(23(17)20)16-22(29)26-8-11-31-12-9-26)13-21-24(30)28(25(33)34-21)15-19-6-4-10-32-19/h3,5,7,13-14,19H,2,4,6,8-12,15-16H2,1H3/b21-13-/t19-/m0/s1. The van der Waals surface area contributed by atoms with Crippen molar-refractivity contribution in [3.8, 4) is 0 Å². The number of thioether (sulfide) groups is 1. The molecule has 1 aromatic carbocycles. The first-order chi connectivity index (χ1) is 16.5. The third kappa shape index (κ3) is 4.66. The summed E-state index contributed by atoms with van der Waals surface area (Å²) in [4.78, 5) is 30.3. The molecule has 5 rings (SSSR count). The molecule has 34 heavy (non-hydrogen) atoms. The van der Waals surface area contributed by atoms with Crippen molar-refractivity contribution < 1.29 is 19.1 Å².